The molecule has 2 amide bonds. The first-order valence-electron chi connectivity index (χ1n) is 6.65. The number of carbonyl (C=O) groups is 2. The summed E-state index contributed by atoms with van der Waals surface area (Å²) in [5.41, 5.74) is -0.562. The van der Waals surface area contributed by atoms with Crippen molar-refractivity contribution in [3.8, 4) is 0 Å². The lowest BCUT2D eigenvalue weighted by Gasteiger charge is -2.41. The second-order valence-electron chi connectivity index (χ2n) is 5.43. The lowest BCUT2D eigenvalue weighted by atomic mass is 9.74. The predicted octanol–water partition coefficient (Wildman–Crippen LogP) is 0.594. The monoisotopic (exact) mass is 288 g/mol. The smallest absolute Gasteiger partial charge is 0.315 e. The first kappa shape index (κ1) is 14.3. The van der Waals surface area contributed by atoms with Gasteiger partial charge in [-0.1, -0.05) is 0 Å². The van der Waals surface area contributed by atoms with Gasteiger partial charge >= 0.3 is 12.0 Å². The van der Waals surface area contributed by atoms with Crippen molar-refractivity contribution in [1.29, 1.82) is 0 Å². The topological polar surface area (TPSA) is 95.5 Å². The van der Waals surface area contributed by atoms with Crippen molar-refractivity contribution in [2.75, 3.05) is 11.5 Å². The van der Waals surface area contributed by atoms with Crippen LogP contribution in [0.5, 0.6) is 0 Å². The van der Waals surface area contributed by atoms with E-state index in [1.807, 2.05) is 0 Å². The van der Waals surface area contributed by atoms with Gasteiger partial charge in [0.15, 0.2) is 0 Å². The van der Waals surface area contributed by atoms with Gasteiger partial charge < -0.3 is 15.7 Å². The highest BCUT2D eigenvalue weighted by Gasteiger charge is 2.40. The number of amides is 2. The fourth-order valence-electron chi connectivity index (χ4n) is 2.64. The van der Waals surface area contributed by atoms with Crippen LogP contribution in [-0.2, 0) is 15.6 Å². The molecule has 0 unspecified atom stereocenters. The van der Waals surface area contributed by atoms with Crippen molar-refractivity contribution in [3.05, 3.63) is 0 Å². The third kappa shape index (κ3) is 3.92. The number of carboxylic acid groups (broad SMARTS) is 1. The summed E-state index contributed by atoms with van der Waals surface area (Å²) in [7, 11) is -0.742. The summed E-state index contributed by atoms with van der Waals surface area (Å²) in [5.74, 6) is 0.379. The van der Waals surface area contributed by atoms with Gasteiger partial charge in [0.05, 0.1) is 12.0 Å². The highest BCUT2D eigenvalue weighted by Crippen LogP contribution is 2.34. The van der Waals surface area contributed by atoms with E-state index in [0.717, 1.165) is 32.1 Å². The highest BCUT2D eigenvalue weighted by atomic mass is 32.2. The van der Waals surface area contributed by atoms with E-state index in [0.29, 0.717) is 11.5 Å². The fourth-order valence-corrected chi connectivity index (χ4v) is 3.94. The molecule has 0 aromatic carbocycles. The molecular formula is C12H20N2O4S. The normalized spacial score (nSPS) is 29.1. The first-order chi connectivity index (χ1) is 8.99. The maximum atomic E-state index is 11.9. The predicted molar refractivity (Wildman–Crippen MR) is 71.4 cm³/mol. The third-order valence-corrected chi connectivity index (χ3v) is 5.28. The van der Waals surface area contributed by atoms with Crippen LogP contribution in [0.2, 0.25) is 0 Å². The molecule has 1 saturated carbocycles. The SMILES string of the molecule is O=C(O)CC1(NC(=O)NC2CCS(=O)CC2)CCC1. The molecule has 1 aliphatic carbocycles. The number of carboxylic acids is 1. The average Bonchev–Trinajstić information content (AvgIpc) is 2.28. The van der Waals surface area contributed by atoms with Crippen molar-refractivity contribution < 1.29 is 18.9 Å². The molecule has 0 spiro atoms. The molecule has 19 heavy (non-hydrogen) atoms. The molecule has 2 rings (SSSR count). The molecule has 7 heteroatoms. The van der Waals surface area contributed by atoms with Crippen molar-refractivity contribution in [1.82, 2.24) is 10.6 Å². The van der Waals surface area contributed by atoms with E-state index in [1.54, 1.807) is 0 Å². The zero-order chi connectivity index (χ0) is 13.9. The zero-order valence-corrected chi connectivity index (χ0v) is 11.6. The van der Waals surface area contributed by atoms with Crippen LogP contribution in [0.25, 0.3) is 0 Å². The van der Waals surface area contributed by atoms with E-state index < -0.39 is 22.3 Å². The van der Waals surface area contributed by atoms with Gasteiger partial charge in [0, 0.05) is 28.3 Å². The van der Waals surface area contributed by atoms with E-state index >= 15 is 0 Å². The van der Waals surface area contributed by atoms with E-state index in [-0.39, 0.29) is 18.5 Å². The second-order valence-corrected chi connectivity index (χ2v) is 7.12. The fraction of sp³-hybridized carbons (Fsp3) is 0.833. The molecule has 2 aliphatic rings. The number of hydrogen-bond donors (Lipinski definition) is 3. The maximum Gasteiger partial charge on any atom is 0.315 e. The molecular weight excluding hydrogens is 268 g/mol. The molecule has 0 aromatic rings. The summed E-state index contributed by atoms with van der Waals surface area (Å²) in [5, 5.41) is 14.5. The molecule has 0 bridgehead atoms. The van der Waals surface area contributed by atoms with Crippen LogP contribution in [0.15, 0.2) is 0 Å². The van der Waals surface area contributed by atoms with Crippen LogP contribution in [0.3, 0.4) is 0 Å². The third-order valence-electron chi connectivity index (χ3n) is 3.90. The Labute approximate surface area is 114 Å². The molecule has 0 atom stereocenters. The molecule has 0 aromatic heterocycles. The van der Waals surface area contributed by atoms with Crippen LogP contribution in [0, 0.1) is 0 Å². The molecule has 1 heterocycles. The molecule has 3 N–H and O–H groups in total. The Morgan fingerprint density at radius 3 is 2.37 bits per heavy atom. The Morgan fingerprint density at radius 2 is 1.89 bits per heavy atom. The standard InChI is InChI=1S/C12H20N2O4S/c15-10(16)8-12(4-1-5-12)14-11(17)13-9-2-6-19(18)7-3-9/h9H,1-8H2,(H,15,16)(H2,13,14,17). The van der Waals surface area contributed by atoms with Gasteiger partial charge in [0.2, 0.25) is 0 Å². The summed E-state index contributed by atoms with van der Waals surface area (Å²) >= 11 is 0. The zero-order valence-electron chi connectivity index (χ0n) is 10.8. The van der Waals surface area contributed by atoms with Gasteiger partial charge in [-0.05, 0) is 32.1 Å². The average molecular weight is 288 g/mol. The van der Waals surface area contributed by atoms with Crippen molar-refractivity contribution in [2.24, 2.45) is 0 Å². The Bertz CT molecular complexity index is 385. The van der Waals surface area contributed by atoms with Gasteiger partial charge in [-0.25, -0.2) is 4.79 Å². The van der Waals surface area contributed by atoms with Crippen LogP contribution < -0.4 is 10.6 Å². The van der Waals surface area contributed by atoms with Gasteiger partial charge in [-0.3, -0.25) is 9.00 Å². The molecule has 6 nitrogen and oxygen atoms in total. The summed E-state index contributed by atoms with van der Waals surface area (Å²) in [6.07, 6.45) is 3.84. The van der Waals surface area contributed by atoms with Crippen LogP contribution in [0.1, 0.15) is 38.5 Å². The number of urea groups is 1. The minimum absolute atomic E-state index is 0.0187. The van der Waals surface area contributed by atoms with Crippen LogP contribution in [0.4, 0.5) is 4.79 Å². The van der Waals surface area contributed by atoms with Gasteiger partial charge in [0.25, 0.3) is 0 Å². The van der Waals surface area contributed by atoms with Crippen molar-refractivity contribution >= 4 is 22.8 Å². The summed E-state index contributed by atoms with van der Waals surface area (Å²) in [6.45, 7) is 0. The quantitative estimate of drug-likeness (QED) is 0.705. The largest absolute Gasteiger partial charge is 0.481 e. The minimum Gasteiger partial charge on any atom is -0.481 e. The number of hydrogen-bond acceptors (Lipinski definition) is 3. The Balaban J connectivity index is 1.80. The van der Waals surface area contributed by atoms with E-state index in [4.69, 9.17) is 5.11 Å². The van der Waals surface area contributed by atoms with Crippen LogP contribution in [-0.4, -0.2) is 44.4 Å². The lowest BCUT2D eigenvalue weighted by molar-refractivity contribution is -0.139. The van der Waals surface area contributed by atoms with Gasteiger partial charge in [0.1, 0.15) is 0 Å². The molecule has 2 fully saturated rings. The Hall–Kier alpha value is -1.11. The lowest BCUT2D eigenvalue weighted by Crippen LogP contribution is -2.58. The summed E-state index contributed by atoms with van der Waals surface area (Å²) in [4.78, 5) is 22.7. The van der Waals surface area contributed by atoms with E-state index in [9.17, 15) is 13.8 Å². The first-order valence-corrected chi connectivity index (χ1v) is 8.13. The van der Waals surface area contributed by atoms with Crippen molar-refractivity contribution in [2.45, 2.75) is 50.1 Å². The van der Waals surface area contributed by atoms with Gasteiger partial charge in [-0.2, -0.15) is 0 Å². The molecule has 0 radical (unpaired) electrons. The van der Waals surface area contributed by atoms with Crippen molar-refractivity contribution in [3.63, 3.8) is 0 Å². The molecule has 108 valence electrons. The summed E-state index contributed by atoms with van der Waals surface area (Å²) in [6, 6.07) is -0.238. The number of nitrogens with one attached hydrogen (secondary N) is 2. The van der Waals surface area contributed by atoms with Crippen LogP contribution >= 0.6 is 0 Å². The summed E-state index contributed by atoms with van der Waals surface area (Å²) < 4.78 is 11.2. The number of carbonyl (C=O) groups excluding carboxylic acids is 1. The van der Waals surface area contributed by atoms with E-state index in [1.165, 1.54) is 0 Å². The number of aliphatic carboxylic acids is 1. The Kier molecular flexibility index (Phi) is 4.44. The maximum absolute atomic E-state index is 11.9. The van der Waals surface area contributed by atoms with E-state index in [2.05, 4.69) is 10.6 Å². The van der Waals surface area contributed by atoms with Gasteiger partial charge in [-0.15, -0.1) is 0 Å². The molecule has 1 saturated heterocycles. The Morgan fingerprint density at radius 1 is 1.26 bits per heavy atom. The molecule has 1 aliphatic heterocycles. The number of rotatable bonds is 4. The highest BCUT2D eigenvalue weighted by molar-refractivity contribution is 7.85. The minimum atomic E-state index is -0.881. The second kappa shape index (κ2) is 5.90.